The first-order valence-electron chi connectivity index (χ1n) is 10.2. The Balaban J connectivity index is 1.77. The molecule has 2 aromatic carbocycles. The number of amides is 1. The molecule has 164 valence electrons. The molecule has 0 radical (unpaired) electrons. The van der Waals surface area contributed by atoms with E-state index < -0.39 is 11.6 Å². The molecule has 7 heteroatoms. The average molecular weight is 426 g/mol. The van der Waals surface area contributed by atoms with E-state index in [9.17, 15) is 9.18 Å². The zero-order valence-corrected chi connectivity index (χ0v) is 17.5. The number of halogens is 1. The van der Waals surface area contributed by atoms with Gasteiger partial charge in [-0.2, -0.15) is 0 Å². The quantitative estimate of drug-likeness (QED) is 0.451. The molecule has 0 saturated heterocycles. The standard InChI is InChI=1S/C24H27FN2O4/c1-3-13-24(23(29)26-16-19-7-4-5-8-21(19)25)17(2)31-22(27-24)18-9-11-20(12-10-18)30-15-6-14-28/h3-5,7-12,17,28H,1,6,13-16H2,2H3,(H,26,29)/t17-,24-/m1/s1. The van der Waals surface area contributed by atoms with Crippen molar-refractivity contribution >= 4 is 11.8 Å². The average Bonchev–Trinajstić information content (AvgIpc) is 3.11. The molecule has 1 aliphatic rings. The SMILES string of the molecule is C=CC[C@@]1(C(=O)NCc2ccccc2F)N=C(c2ccc(OCCCO)cc2)O[C@@H]1C. The number of ether oxygens (including phenoxy) is 2. The summed E-state index contributed by atoms with van der Waals surface area (Å²) in [6.07, 6.45) is 1.94. The van der Waals surface area contributed by atoms with E-state index in [2.05, 4.69) is 16.9 Å². The van der Waals surface area contributed by atoms with Gasteiger partial charge in [0, 0.05) is 37.1 Å². The van der Waals surface area contributed by atoms with Gasteiger partial charge in [0.05, 0.1) is 6.61 Å². The molecule has 0 saturated carbocycles. The smallest absolute Gasteiger partial charge is 0.252 e. The summed E-state index contributed by atoms with van der Waals surface area (Å²) in [7, 11) is 0. The van der Waals surface area contributed by atoms with Crippen LogP contribution in [0.25, 0.3) is 0 Å². The molecule has 31 heavy (non-hydrogen) atoms. The largest absolute Gasteiger partial charge is 0.494 e. The molecule has 1 aliphatic heterocycles. The molecule has 3 rings (SSSR count). The summed E-state index contributed by atoms with van der Waals surface area (Å²) in [5, 5.41) is 11.6. The maximum absolute atomic E-state index is 13.9. The van der Waals surface area contributed by atoms with Crippen LogP contribution >= 0.6 is 0 Å². The van der Waals surface area contributed by atoms with Crippen molar-refractivity contribution in [2.45, 2.75) is 38.0 Å². The molecule has 0 spiro atoms. The number of aliphatic imine (C=N–C) groups is 1. The van der Waals surface area contributed by atoms with Crippen LogP contribution in [0.1, 0.15) is 30.9 Å². The minimum atomic E-state index is -1.18. The molecular weight excluding hydrogens is 399 g/mol. The van der Waals surface area contributed by atoms with Gasteiger partial charge >= 0.3 is 0 Å². The van der Waals surface area contributed by atoms with E-state index in [0.717, 1.165) is 0 Å². The van der Waals surface area contributed by atoms with Gasteiger partial charge in [0.15, 0.2) is 5.54 Å². The number of aliphatic hydroxyl groups excluding tert-OH is 1. The van der Waals surface area contributed by atoms with Crippen LogP contribution in [0.5, 0.6) is 5.75 Å². The van der Waals surface area contributed by atoms with Crippen molar-refractivity contribution in [2.24, 2.45) is 4.99 Å². The third-order valence-electron chi connectivity index (χ3n) is 5.18. The third-order valence-corrected chi connectivity index (χ3v) is 5.18. The van der Waals surface area contributed by atoms with Crippen LogP contribution in [0.3, 0.4) is 0 Å². The highest BCUT2D eigenvalue weighted by atomic mass is 19.1. The first-order valence-corrected chi connectivity index (χ1v) is 10.2. The van der Waals surface area contributed by atoms with E-state index in [-0.39, 0.29) is 31.3 Å². The van der Waals surface area contributed by atoms with Crippen molar-refractivity contribution in [1.29, 1.82) is 0 Å². The zero-order chi connectivity index (χ0) is 22.3. The van der Waals surface area contributed by atoms with Gasteiger partial charge in [-0.15, -0.1) is 6.58 Å². The van der Waals surface area contributed by atoms with Gasteiger partial charge in [0.2, 0.25) is 5.90 Å². The van der Waals surface area contributed by atoms with Gasteiger partial charge in [0.1, 0.15) is 17.7 Å². The van der Waals surface area contributed by atoms with E-state index in [1.165, 1.54) is 6.07 Å². The fraction of sp³-hybridized carbons (Fsp3) is 0.333. The van der Waals surface area contributed by atoms with Crippen molar-refractivity contribution in [3.8, 4) is 5.75 Å². The summed E-state index contributed by atoms with van der Waals surface area (Å²) >= 11 is 0. The number of hydrogen-bond donors (Lipinski definition) is 2. The van der Waals surface area contributed by atoms with Crippen LogP contribution < -0.4 is 10.1 Å². The van der Waals surface area contributed by atoms with E-state index >= 15 is 0 Å². The van der Waals surface area contributed by atoms with Crippen molar-refractivity contribution in [1.82, 2.24) is 5.32 Å². The van der Waals surface area contributed by atoms with Gasteiger partial charge in [-0.3, -0.25) is 4.79 Å². The van der Waals surface area contributed by atoms with Crippen molar-refractivity contribution in [2.75, 3.05) is 13.2 Å². The fourth-order valence-corrected chi connectivity index (χ4v) is 3.37. The lowest BCUT2D eigenvalue weighted by molar-refractivity contribution is -0.128. The number of carbonyl (C=O) groups is 1. The van der Waals surface area contributed by atoms with Crippen LogP contribution in [0.4, 0.5) is 4.39 Å². The van der Waals surface area contributed by atoms with Crippen LogP contribution in [0.15, 0.2) is 66.2 Å². The van der Waals surface area contributed by atoms with Crippen molar-refractivity contribution in [3.05, 3.63) is 78.1 Å². The number of benzene rings is 2. The first-order chi connectivity index (χ1) is 15.0. The Morgan fingerprint density at radius 2 is 2.06 bits per heavy atom. The molecule has 2 N–H and O–H groups in total. The highest BCUT2D eigenvalue weighted by molar-refractivity contribution is 6.00. The second kappa shape index (κ2) is 10.2. The monoisotopic (exact) mass is 426 g/mol. The maximum atomic E-state index is 13.9. The van der Waals surface area contributed by atoms with Gasteiger partial charge < -0.3 is 19.9 Å². The summed E-state index contributed by atoms with van der Waals surface area (Å²) in [5.74, 6) is 0.310. The van der Waals surface area contributed by atoms with E-state index in [0.29, 0.717) is 35.8 Å². The van der Waals surface area contributed by atoms with Crippen LogP contribution in [0, 0.1) is 5.82 Å². The Hall–Kier alpha value is -3.19. The Morgan fingerprint density at radius 1 is 1.32 bits per heavy atom. The lowest BCUT2D eigenvalue weighted by atomic mass is 9.89. The van der Waals surface area contributed by atoms with Crippen LogP contribution in [0.2, 0.25) is 0 Å². The molecule has 0 unspecified atom stereocenters. The van der Waals surface area contributed by atoms with Crippen molar-refractivity contribution in [3.63, 3.8) is 0 Å². The Bertz CT molecular complexity index is 945. The predicted octanol–water partition coefficient (Wildman–Crippen LogP) is 3.38. The van der Waals surface area contributed by atoms with E-state index in [4.69, 9.17) is 14.6 Å². The lowest BCUT2D eigenvalue weighted by Crippen LogP contribution is -2.50. The van der Waals surface area contributed by atoms with E-state index in [1.54, 1.807) is 55.5 Å². The minimum absolute atomic E-state index is 0.0574. The second-order valence-electron chi connectivity index (χ2n) is 7.32. The normalized spacial score (nSPS) is 20.0. The fourth-order valence-electron chi connectivity index (χ4n) is 3.37. The number of hydrogen-bond acceptors (Lipinski definition) is 5. The summed E-state index contributed by atoms with van der Waals surface area (Å²) in [6.45, 7) is 6.11. The van der Waals surface area contributed by atoms with Gasteiger partial charge in [-0.05, 0) is 37.3 Å². The van der Waals surface area contributed by atoms with E-state index in [1.807, 2.05) is 0 Å². The number of rotatable bonds is 10. The number of carbonyl (C=O) groups excluding carboxylic acids is 1. The lowest BCUT2D eigenvalue weighted by Gasteiger charge is -2.26. The molecule has 6 nitrogen and oxygen atoms in total. The summed E-state index contributed by atoms with van der Waals surface area (Å²) in [5.41, 5.74) is -0.0649. The van der Waals surface area contributed by atoms with Gasteiger partial charge in [0.25, 0.3) is 5.91 Å². The van der Waals surface area contributed by atoms with Crippen molar-refractivity contribution < 1.29 is 23.8 Å². The molecule has 1 amide bonds. The number of nitrogens with zero attached hydrogens (tertiary/aromatic N) is 1. The van der Waals surface area contributed by atoms with Gasteiger partial charge in [-0.25, -0.2) is 9.38 Å². The molecule has 2 aromatic rings. The third kappa shape index (κ3) is 5.11. The summed E-state index contributed by atoms with van der Waals surface area (Å²) < 4.78 is 25.4. The molecule has 0 bridgehead atoms. The molecule has 0 aromatic heterocycles. The molecule has 0 aliphatic carbocycles. The number of nitrogens with one attached hydrogen (secondary N) is 1. The molecule has 2 atom stereocenters. The number of aliphatic hydroxyl groups is 1. The minimum Gasteiger partial charge on any atom is -0.494 e. The highest BCUT2D eigenvalue weighted by Crippen LogP contribution is 2.32. The Morgan fingerprint density at radius 3 is 2.74 bits per heavy atom. The Kier molecular flexibility index (Phi) is 7.41. The maximum Gasteiger partial charge on any atom is 0.252 e. The first kappa shape index (κ1) is 22.5. The molecule has 1 heterocycles. The summed E-state index contributed by atoms with van der Waals surface area (Å²) in [4.78, 5) is 17.8. The molecule has 0 fully saturated rings. The predicted molar refractivity (Wildman–Crippen MR) is 117 cm³/mol. The topological polar surface area (TPSA) is 80.2 Å². The van der Waals surface area contributed by atoms with Crippen LogP contribution in [-0.2, 0) is 16.1 Å². The molecular formula is C24H27FN2O4. The van der Waals surface area contributed by atoms with Gasteiger partial charge in [-0.1, -0.05) is 24.3 Å². The zero-order valence-electron chi connectivity index (χ0n) is 17.5. The summed E-state index contributed by atoms with van der Waals surface area (Å²) in [6, 6.07) is 13.5. The highest BCUT2D eigenvalue weighted by Gasteiger charge is 2.49. The van der Waals surface area contributed by atoms with Crippen LogP contribution in [-0.4, -0.2) is 41.8 Å². The Labute approximate surface area is 181 Å². The second-order valence-corrected chi connectivity index (χ2v) is 7.32.